The van der Waals surface area contributed by atoms with E-state index < -0.39 is 6.09 Å². The molecule has 10 heteroatoms. The highest BCUT2D eigenvalue weighted by molar-refractivity contribution is 6.32. The fourth-order valence-corrected chi connectivity index (χ4v) is 4.70. The van der Waals surface area contributed by atoms with Crippen molar-refractivity contribution in [1.82, 2.24) is 4.98 Å². The zero-order valence-electron chi connectivity index (χ0n) is 23.1. The lowest BCUT2D eigenvalue weighted by molar-refractivity contribution is 0.111. The van der Waals surface area contributed by atoms with Gasteiger partial charge in [-0.1, -0.05) is 35.9 Å². The van der Waals surface area contributed by atoms with Gasteiger partial charge in [-0.15, -0.1) is 0 Å². The molecule has 9 nitrogen and oxygen atoms in total. The Bertz CT molecular complexity index is 1610. The number of nitrogens with one attached hydrogen (secondary N) is 1. The number of aromatic nitrogens is 1. The molecule has 0 saturated carbocycles. The molecule has 5 rings (SSSR count). The van der Waals surface area contributed by atoms with Crippen LogP contribution in [-0.2, 0) is 18.0 Å². The van der Waals surface area contributed by atoms with E-state index in [4.69, 9.17) is 35.3 Å². The van der Waals surface area contributed by atoms with Crippen molar-refractivity contribution in [2.75, 3.05) is 25.1 Å². The lowest BCUT2D eigenvalue weighted by Crippen LogP contribution is -2.15. The molecule has 4 aromatic rings. The minimum Gasteiger partial charge on any atom is -0.488 e. The zero-order chi connectivity index (χ0) is 29.5. The van der Waals surface area contributed by atoms with Crippen LogP contribution in [0.4, 0.5) is 10.5 Å². The van der Waals surface area contributed by atoms with E-state index in [9.17, 15) is 9.59 Å². The number of aldehydes is 1. The monoisotopic (exact) mass is 588 g/mol. The van der Waals surface area contributed by atoms with Gasteiger partial charge in [0.2, 0.25) is 0 Å². The summed E-state index contributed by atoms with van der Waals surface area (Å²) in [6.45, 7) is 5.41. The first-order valence-electron chi connectivity index (χ1n) is 13.4. The van der Waals surface area contributed by atoms with E-state index in [1.165, 1.54) is 12.3 Å². The maximum absolute atomic E-state index is 11.8. The Morgan fingerprint density at radius 3 is 2.62 bits per heavy atom. The number of carbonyl (C=O) groups is 2. The van der Waals surface area contributed by atoms with E-state index in [0.29, 0.717) is 42.2 Å². The third-order valence-corrected chi connectivity index (χ3v) is 6.88. The topological polar surface area (TPSA) is 105 Å². The predicted molar refractivity (Wildman–Crippen MR) is 158 cm³/mol. The van der Waals surface area contributed by atoms with Crippen molar-refractivity contribution in [2.24, 2.45) is 0 Å². The molecule has 0 spiro atoms. The van der Waals surface area contributed by atoms with Crippen molar-refractivity contribution in [3.05, 3.63) is 94.3 Å². The summed E-state index contributed by atoms with van der Waals surface area (Å²) in [5, 5.41) is 2.89. The minimum absolute atomic E-state index is 0.0872. The maximum atomic E-state index is 11.8. The Balaban J connectivity index is 1.30. The van der Waals surface area contributed by atoms with Crippen molar-refractivity contribution in [3.63, 3.8) is 0 Å². The molecule has 0 saturated heterocycles. The predicted octanol–water partition coefficient (Wildman–Crippen LogP) is 7.02. The van der Waals surface area contributed by atoms with E-state index in [1.807, 2.05) is 43.3 Å². The van der Waals surface area contributed by atoms with E-state index in [0.717, 1.165) is 33.8 Å². The maximum Gasteiger partial charge on any atom is 0.411 e. The molecular formula is C32H29ClN2O7. The average molecular weight is 589 g/mol. The molecule has 0 aliphatic carbocycles. The SMILES string of the molecule is CCOC(=O)Nc1cncc(COc2cc(OCc3cccc(-c4ccc5c(c4)OCCO5)c3C)c(Cl)cc2C=O)c1. The Kier molecular flexibility index (Phi) is 9.08. The number of pyridine rings is 1. The molecule has 3 aromatic carbocycles. The van der Waals surface area contributed by atoms with Gasteiger partial charge in [-0.25, -0.2) is 4.79 Å². The van der Waals surface area contributed by atoms with Crippen LogP contribution in [0.2, 0.25) is 5.02 Å². The van der Waals surface area contributed by atoms with Gasteiger partial charge in [-0.05, 0) is 60.4 Å². The number of benzene rings is 3. The Labute approximate surface area is 248 Å². The smallest absolute Gasteiger partial charge is 0.411 e. The number of ether oxygens (including phenoxy) is 5. The first-order chi connectivity index (χ1) is 20.4. The van der Waals surface area contributed by atoms with Crippen LogP contribution < -0.4 is 24.3 Å². The van der Waals surface area contributed by atoms with Crippen LogP contribution in [0.3, 0.4) is 0 Å². The summed E-state index contributed by atoms with van der Waals surface area (Å²) in [6.07, 6.45) is 3.19. The second-order valence-electron chi connectivity index (χ2n) is 9.39. The van der Waals surface area contributed by atoms with Gasteiger partial charge in [-0.3, -0.25) is 15.1 Å². The number of fused-ring (bicyclic) bond motifs is 1. The molecular weight excluding hydrogens is 560 g/mol. The highest BCUT2D eigenvalue weighted by atomic mass is 35.5. The molecule has 0 atom stereocenters. The summed E-state index contributed by atoms with van der Waals surface area (Å²) in [6, 6.07) is 16.7. The Morgan fingerprint density at radius 2 is 1.81 bits per heavy atom. The van der Waals surface area contributed by atoms with E-state index in [-0.39, 0.29) is 30.4 Å². The number of anilines is 1. The number of halogens is 1. The first kappa shape index (κ1) is 28.8. The van der Waals surface area contributed by atoms with Crippen molar-refractivity contribution in [1.29, 1.82) is 0 Å². The van der Waals surface area contributed by atoms with Gasteiger partial charge in [0.05, 0.1) is 29.1 Å². The van der Waals surface area contributed by atoms with Crippen molar-refractivity contribution in [3.8, 4) is 34.1 Å². The summed E-state index contributed by atoms with van der Waals surface area (Å²) in [5.41, 5.74) is 5.49. The van der Waals surface area contributed by atoms with Crippen molar-refractivity contribution < 1.29 is 33.3 Å². The van der Waals surface area contributed by atoms with Crippen molar-refractivity contribution in [2.45, 2.75) is 27.1 Å². The number of nitrogens with zero attached hydrogens (tertiary/aromatic N) is 1. The summed E-state index contributed by atoms with van der Waals surface area (Å²) in [4.78, 5) is 27.6. The molecule has 1 aliphatic rings. The fourth-order valence-electron chi connectivity index (χ4n) is 4.48. The van der Waals surface area contributed by atoms with Crippen LogP contribution >= 0.6 is 11.6 Å². The lowest BCUT2D eigenvalue weighted by Gasteiger charge is -2.20. The summed E-state index contributed by atoms with van der Waals surface area (Å²) in [7, 11) is 0. The average Bonchev–Trinajstić information content (AvgIpc) is 3.00. The summed E-state index contributed by atoms with van der Waals surface area (Å²) < 4.78 is 28.4. The molecule has 1 amide bonds. The molecule has 0 bridgehead atoms. The number of carbonyl (C=O) groups excluding carboxylic acids is 2. The van der Waals surface area contributed by atoms with Crippen LogP contribution in [0.1, 0.15) is 34.0 Å². The zero-order valence-corrected chi connectivity index (χ0v) is 23.9. The summed E-state index contributed by atoms with van der Waals surface area (Å²) >= 11 is 6.47. The number of hydrogen-bond donors (Lipinski definition) is 1. The Hall–Kier alpha value is -4.76. The van der Waals surface area contributed by atoms with Gasteiger partial charge in [0.15, 0.2) is 17.8 Å². The largest absolute Gasteiger partial charge is 0.488 e. The number of amides is 1. The molecule has 0 fully saturated rings. The van der Waals surface area contributed by atoms with Crippen LogP contribution in [0.5, 0.6) is 23.0 Å². The van der Waals surface area contributed by atoms with Gasteiger partial charge < -0.3 is 23.7 Å². The molecule has 216 valence electrons. The highest BCUT2D eigenvalue weighted by Crippen LogP contribution is 2.37. The molecule has 1 aliphatic heterocycles. The second-order valence-corrected chi connectivity index (χ2v) is 9.80. The highest BCUT2D eigenvalue weighted by Gasteiger charge is 2.16. The quantitative estimate of drug-likeness (QED) is 0.197. The van der Waals surface area contributed by atoms with Gasteiger partial charge in [0, 0.05) is 17.8 Å². The third-order valence-electron chi connectivity index (χ3n) is 6.58. The Morgan fingerprint density at radius 1 is 1.00 bits per heavy atom. The minimum atomic E-state index is -0.577. The molecule has 2 heterocycles. The fraction of sp³-hybridized carbons (Fsp3) is 0.219. The third kappa shape index (κ3) is 6.75. The summed E-state index contributed by atoms with van der Waals surface area (Å²) in [5.74, 6) is 2.14. The standard InChI is InChI=1S/C32H29ClN2O7/c1-3-38-32(37)35-25-11-21(15-34-16-25)18-41-29-14-30(27(33)12-24(29)17-36)42-19-23-5-4-6-26(20(23)2)22-7-8-28-31(13-22)40-10-9-39-28/h4-8,11-17H,3,9-10,18-19H2,1-2H3,(H,35,37). The van der Waals surface area contributed by atoms with Crippen LogP contribution in [0, 0.1) is 6.92 Å². The van der Waals surface area contributed by atoms with Crippen molar-refractivity contribution >= 4 is 29.7 Å². The molecule has 1 aromatic heterocycles. The van der Waals surface area contributed by atoms with E-state index >= 15 is 0 Å². The first-order valence-corrected chi connectivity index (χ1v) is 13.7. The number of hydrogen-bond acceptors (Lipinski definition) is 8. The van der Waals surface area contributed by atoms with Crippen LogP contribution in [0.25, 0.3) is 11.1 Å². The van der Waals surface area contributed by atoms with Gasteiger partial charge in [-0.2, -0.15) is 0 Å². The van der Waals surface area contributed by atoms with E-state index in [1.54, 1.807) is 25.3 Å². The lowest BCUT2D eigenvalue weighted by atomic mass is 9.96. The second kappa shape index (κ2) is 13.3. The molecule has 0 radical (unpaired) electrons. The molecule has 1 N–H and O–H groups in total. The molecule has 0 unspecified atom stereocenters. The van der Waals surface area contributed by atoms with Crippen LogP contribution in [0.15, 0.2) is 67.0 Å². The van der Waals surface area contributed by atoms with Gasteiger partial charge >= 0.3 is 6.09 Å². The normalized spacial score (nSPS) is 11.9. The number of rotatable bonds is 10. The molecule has 42 heavy (non-hydrogen) atoms. The van der Waals surface area contributed by atoms with Gasteiger partial charge in [0.25, 0.3) is 0 Å². The van der Waals surface area contributed by atoms with E-state index in [2.05, 4.69) is 10.3 Å². The van der Waals surface area contributed by atoms with Crippen LogP contribution in [-0.4, -0.2) is 37.2 Å². The van der Waals surface area contributed by atoms with Gasteiger partial charge in [0.1, 0.15) is 37.9 Å².